The predicted octanol–water partition coefficient (Wildman–Crippen LogP) is 4.53. The number of nitrogen functional groups attached to an aromatic ring is 1. The average molecular weight is 450 g/mol. The molecule has 7 nitrogen and oxygen atoms in total. The summed E-state index contributed by atoms with van der Waals surface area (Å²) in [5.41, 5.74) is 9.23. The van der Waals surface area contributed by atoms with Crippen LogP contribution < -0.4 is 10.5 Å². The molecule has 5 rings (SSSR count). The molecule has 0 bridgehead atoms. The molecule has 0 atom stereocenters. The molecule has 0 unspecified atom stereocenters. The zero-order valence-corrected chi connectivity index (χ0v) is 20.0. The van der Waals surface area contributed by atoms with Crippen LogP contribution in [0.15, 0.2) is 36.8 Å². The first-order valence-corrected chi connectivity index (χ1v) is 12.1. The summed E-state index contributed by atoms with van der Waals surface area (Å²) in [6.45, 7) is 11.0. The second-order valence-electron chi connectivity index (χ2n) is 10.4. The molecule has 0 amide bonds. The van der Waals surface area contributed by atoms with Crippen LogP contribution in [-0.2, 0) is 4.74 Å². The number of nitrogens with zero attached hydrogens (tertiary/aromatic N) is 4. The SMILES string of the molecule is CC(C)(C)OCCOc1cccc(-c2cn(C3CC(CN4CCC4)C3)c3ncnc(N)c23)c1. The fourth-order valence-electron chi connectivity index (χ4n) is 4.87. The van der Waals surface area contributed by atoms with Crippen LogP contribution in [0.5, 0.6) is 5.75 Å². The van der Waals surface area contributed by atoms with Crippen molar-refractivity contribution in [2.75, 3.05) is 38.6 Å². The van der Waals surface area contributed by atoms with Gasteiger partial charge >= 0.3 is 0 Å². The van der Waals surface area contributed by atoms with E-state index in [2.05, 4.69) is 37.8 Å². The third-order valence-corrected chi connectivity index (χ3v) is 6.74. The second kappa shape index (κ2) is 8.95. The van der Waals surface area contributed by atoms with Gasteiger partial charge in [-0.2, -0.15) is 0 Å². The Balaban J connectivity index is 1.35. The van der Waals surface area contributed by atoms with Crippen LogP contribution in [-0.4, -0.2) is 57.9 Å². The minimum absolute atomic E-state index is 0.166. The summed E-state index contributed by atoms with van der Waals surface area (Å²) in [7, 11) is 0. The van der Waals surface area contributed by atoms with Crippen molar-refractivity contribution >= 4 is 16.9 Å². The van der Waals surface area contributed by atoms with E-state index in [0.717, 1.165) is 33.8 Å². The molecule has 2 aliphatic rings. The molecule has 1 aromatic carbocycles. The monoisotopic (exact) mass is 449 g/mol. The zero-order chi connectivity index (χ0) is 23.0. The van der Waals surface area contributed by atoms with Gasteiger partial charge in [-0.25, -0.2) is 9.97 Å². The number of benzene rings is 1. The van der Waals surface area contributed by atoms with Crippen LogP contribution >= 0.6 is 0 Å². The Morgan fingerprint density at radius 1 is 1.12 bits per heavy atom. The number of anilines is 1. The molecule has 1 saturated carbocycles. The summed E-state index contributed by atoms with van der Waals surface area (Å²) in [6.07, 6.45) is 7.52. The smallest absolute Gasteiger partial charge is 0.146 e. The largest absolute Gasteiger partial charge is 0.491 e. The van der Waals surface area contributed by atoms with Crippen molar-refractivity contribution in [1.82, 2.24) is 19.4 Å². The van der Waals surface area contributed by atoms with Crippen molar-refractivity contribution in [1.29, 1.82) is 0 Å². The Kier molecular flexibility index (Phi) is 6.01. The first-order valence-electron chi connectivity index (χ1n) is 12.1. The molecule has 3 heterocycles. The van der Waals surface area contributed by atoms with Crippen LogP contribution in [0.25, 0.3) is 22.2 Å². The molecular weight excluding hydrogens is 414 g/mol. The number of ether oxygens (including phenoxy) is 2. The van der Waals surface area contributed by atoms with Crippen molar-refractivity contribution in [2.24, 2.45) is 5.92 Å². The lowest BCUT2D eigenvalue weighted by Gasteiger charge is -2.42. The van der Waals surface area contributed by atoms with Crippen LogP contribution in [0, 0.1) is 5.92 Å². The van der Waals surface area contributed by atoms with Gasteiger partial charge in [-0.05, 0) is 76.7 Å². The summed E-state index contributed by atoms with van der Waals surface area (Å²) < 4.78 is 14.0. The maximum absolute atomic E-state index is 6.34. The quantitative estimate of drug-likeness (QED) is 0.509. The van der Waals surface area contributed by atoms with E-state index in [0.29, 0.717) is 25.1 Å². The fraction of sp³-hybridized carbons (Fsp3) is 0.538. The van der Waals surface area contributed by atoms with E-state index < -0.39 is 0 Å². The van der Waals surface area contributed by atoms with E-state index in [-0.39, 0.29) is 5.60 Å². The number of rotatable bonds is 8. The van der Waals surface area contributed by atoms with Gasteiger partial charge in [0.2, 0.25) is 0 Å². The first kappa shape index (κ1) is 22.2. The molecule has 2 N–H and O–H groups in total. The lowest BCUT2D eigenvalue weighted by molar-refractivity contribution is -0.0162. The lowest BCUT2D eigenvalue weighted by Crippen LogP contribution is -2.43. The maximum Gasteiger partial charge on any atom is 0.146 e. The van der Waals surface area contributed by atoms with Gasteiger partial charge in [0.1, 0.15) is 30.1 Å². The van der Waals surface area contributed by atoms with Gasteiger partial charge in [0.25, 0.3) is 0 Å². The highest BCUT2D eigenvalue weighted by Gasteiger charge is 2.34. The topological polar surface area (TPSA) is 78.4 Å². The van der Waals surface area contributed by atoms with Gasteiger partial charge in [-0.15, -0.1) is 0 Å². The molecule has 33 heavy (non-hydrogen) atoms. The third-order valence-electron chi connectivity index (χ3n) is 6.74. The number of nitrogens with two attached hydrogens (primary N) is 1. The van der Waals surface area contributed by atoms with Crippen molar-refractivity contribution in [3.8, 4) is 16.9 Å². The lowest BCUT2D eigenvalue weighted by atomic mass is 9.79. The van der Waals surface area contributed by atoms with Crippen LogP contribution in [0.1, 0.15) is 46.1 Å². The Hall–Kier alpha value is -2.64. The van der Waals surface area contributed by atoms with Crippen LogP contribution in [0.2, 0.25) is 0 Å². The molecule has 0 spiro atoms. The number of hydrogen-bond acceptors (Lipinski definition) is 6. The van der Waals surface area contributed by atoms with Crippen molar-refractivity contribution in [2.45, 2.75) is 51.7 Å². The summed E-state index contributed by atoms with van der Waals surface area (Å²) in [4.78, 5) is 11.5. The predicted molar refractivity (Wildman–Crippen MR) is 131 cm³/mol. The standard InChI is InChI=1S/C26H35N5O2/c1-26(2,3)33-11-10-32-21-7-4-6-19(14-21)22-16-31(25-23(22)24(27)28-17-29-25)20-12-18(13-20)15-30-8-5-9-30/h4,6-7,14,16-18,20H,5,8-13,15H2,1-3H3,(H2,27,28,29). The van der Waals surface area contributed by atoms with Crippen molar-refractivity contribution in [3.05, 3.63) is 36.8 Å². The normalized spacial score (nSPS) is 21.1. The molecule has 7 heteroatoms. The number of likely N-dealkylation sites (tertiary alicyclic amines) is 1. The summed E-state index contributed by atoms with van der Waals surface area (Å²) >= 11 is 0. The molecule has 1 aliphatic carbocycles. The Labute approximate surface area is 195 Å². The molecule has 2 aromatic heterocycles. The molecule has 1 aliphatic heterocycles. The van der Waals surface area contributed by atoms with E-state index in [1.807, 2.05) is 32.9 Å². The van der Waals surface area contributed by atoms with Crippen molar-refractivity contribution < 1.29 is 9.47 Å². The van der Waals surface area contributed by atoms with Gasteiger partial charge < -0.3 is 24.7 Å². The number of hydrogen-bond donors (Lipinski definition) is 1. The average Bonchev–Trinajstić information content (AvgIpc) is 3.09. The Morgan fingerprint density at radius 2 is 1.94 bits per heavy atom. The van der Waals surface area contributed by atoms with Gasteiger partial charge in [0, 0.05) is 24.3 Å². The first-order chi connectivity index (χ1) is 15.9. The maximum atomic E-state index is 6.34. The molecule has 176 valence electrons. The molecule has 3 aromatic rings. The molecule has 2 fully saturated rings. The molecule has 1 saturated heterocycles. The molecule has 0 radical (unpaired) electrons. The van der Waals surface area contributed by atoms with E-state index in [4.69, 9.17) is 15.2 Å². The highest BCUT2D eigenvalue weighted by molar-refractivity contribution is 6.00. The van der Waals surface area contributed by atoms with Crippen LogP contribution in [0.3, 0.4) is 0 Å². The van der Waals surface area contributed by atoms with Gasteiger partial charge in [0.15, 0.2) is 0 Å². The summed E-state index contributed by atoms with van der Waals surface area (Å²) in [5.74, 6) is 2.12. The Morgan fingerprint density at radius 3 is 2.67 bits per heavy atom. The number of aromatic nitrogens is 3. The Bertz CT molecular complexity index is 1110. The van der Waals surface area contributed by atoms with E-state index >= 15 is 0 Å². The van der Waals surface area contributed by atoms with E-state index in [1.54, 1.807) is 6.33 Å². The summed E-state index contributed by atoms with van der Waals surface area (Å²) in [5, 5.41) is 0.928. The van der Waals surface area contributed by atoms with Crippen molar-refractivity contribution in [3.63, 3.8) is 0 Å². The minimum atomic E-state index is -0.166. The highest BCUT2D eigenvalue weighted by Crippen LogP contribution is 2.43. The van der Waals surface area contributed by atoms with Gasteiger partial charge in [-0.1, -0.05) is 12.1 Å². The second-order valence-corrected chi connectivity index (χ2v) is 10.4. The fourth-order valence-corrected chi connectivity index (χ4v) is 4.87. The van der Waals surface area contributed by atoms with Gasteiger partial charge in [-0.3, -0.25) is 0 Å². The van der Waals surface area contributed by atoms with E-state index in [9.17, 15) is 0 Å². The van der Waals surface area contributed by atoms with Gasteiger partial charge in [0.05, 0.1) is 17.6 Å². The highest BCUT2D eigenvalue weighted by atomic mass is 16.5. The summed E-state index contributed by atoms with van der Waals surface area (Å²) in [6, 6.07) is 8.63. The minimum Gasteiger partial charge on any atom is -0.491 e. The third kappa shape index (κ3) is 4.84. The van der Waals surface area contributed by atoms with E-state index in [1.165, 1.54) is 38.9 Å². The van der Waals surface area contributed by atoms with Crippen LogP contribution in [0.4, 0.5) is 5.82 Å². The number of fused-ring (bicyclic) bond motifs is 1. The molecular formula is C26H35N5O2. The zero-order valence-electron chi connectivity index (χ0n) is 20.0.